The van der Waals surface area contributed by atoms with Crippen molar-refractivity contribution in [2.75, 3.05) is 27.2 Å². The van der Waals surface area contributed by atoms with E-state index in [-0.39, 0.29) is 11.9 Å². The van der Waals surface area contributed by atoms with Gasteiger partial charge in [0, 0.05) is 23.6 Å². The lowest BCUT2D eigenvalue weighted by Crippen LogP contribution is -2.43. The van der Waals surface area contributed by atoms with Crippen LogP contribution < -0.4 is 0 Å². The maximum atomic E-state index is 12.4. The van der Waals surface area contributed by atoms with Crippen molar-refractivity contribution in [3.63, 3.8) is 0 Å². The van der Waals surface area contributed by atoms with Crippen LogP contribution in [0.25, 0.3) is 0 Å². The molecular weight excluding hydrogens is 300 g/mol. The average molecular weight is 319 g/mol. The van der Waals surface area contributed by atoms with Crippen molar-refractivity contribution in [3.8, 4) is 0 Å². The molecule has 0 N–H and O–H groups in total. The van der Waals surface area contributed by atoms with Gasteiger partial charge >= 0.3 is 0 Å². The summed E-state index contributed by atoms with van der Waals surface area (Å²) in [6, 6.07) is 2.14. The van der Waals surface area contributed by atoms with Gasteiger partial charge in [-0.15, -0.1) is 11.3 Å². The number of carbonyl (C=O) groups excluding carboxylic acids is 1. The smallest absolute Gasteiger partial charge is 0.265 e. The second-order valence-corrected chi connectivity index (χ2v) is 6.07. The third-order valence-corrected chi connectivity index (χ3v) is 4.40. The van der Waals surface area contributed by atoms with E-state index >= 15 is 0 Å². The number of hydrogen-bond donors (Lipinski definition) is 0. The number of carbonyl (C=O) groups is 1. The fourth-order valence-electron chi connectivity index (χ4n) is 1.86. The van der Waals surface area contributed by atoms with Crippen molar-refractivity contribution in [2.45, 2.75) is 19.9 Å². The van der Waals surface area contributed by atoms with Crippen LogP contribution in [0.5, 0.6) is 0 Å². The number of thiophene rings is 1. The van der Waals surface area contributed by atoms with E-state index < -0.39 is 0 Å². The molecule has 1 heterocycles. The van der Waals surface area contributed by atoms with E-state index in [1.807, 2.05) is 37.4 Å². The molecule has 0 saturated heterocycles. The number of amides is 1. The summed E-state index contributed by atoms with van der Waals surface area (Å²) >= 11 is 4.90. The standard InChI is InChI=1S/C12H19BrN2OS/c1-5-15(9(2)8-14(3)4)12(16)11-10(13)6-7-17-11/h6-7,9H,5,8H2,1-4H3. The Morgan fingerprint density at radius 2 is 2.18 bits per heavy atom. The number of hydrogen-bond acceptors (Lipinski definition) is 3. The van der Waals surface area contributed by atoms with Crippen LogP contribution in [0.15, 0.2) is 15.9 Å². The average Bonchev–Trinajstić information content (AvgIpc) is 2.64. The van der Waals surface area contributed by atoms with Gasteiger partial charge in [-0.25, -0.2) is 0 Å². The molecule has 0 saturated carbocycles. The quantitative estimate of drug-likeness (QED) is 0.833. The summed E-state index contributed by atoms with van der Waals surface area (Å²) in [6.07, 6.45) is 0. The van der Waals surface area contributed by atoms with E-state index in [0.717, 1.165) is 22.4 Å². The lowest BCUT2D eigenvalue weighted by Gasteiger charge is -2.29. The fourth-order valence-corrected chi connectivity index (χ4v) is 3.36. The predicted octanol–water partition coefficient (Wildman–Crippen LogP) is 2.92. The molecule has 0 bridgehead atoms. The number of halogens is 1. The molecule has 0 aliphatic carbocycles. The Bertz CT molecular complexity index is 378. The maximum Gasteiger partial charge on any atom is 0.265 e. The van der Waals surface area contributed by atoms with Crippen molar-refractivity contribution in [1.29, 1.82) is 0 Å². The molecule has 17 heavy (non-hydrogen) atoms. The minimum atomic E-state index is 0.115. The van der Waals surface area contributed by atoms with Gasteiger partial charge in [-0.05, 0) is 55.3 Å². The molecule has 1 aromatic heterocycles. The highest BCUT2D eigenvalue weighted by Gasteiger charge is 2.22. The highest BCUT2D eigenvalue weighted by atomic mass is 79.9. The molecule has 1 rings (SSSR count). The first-order valence-corrected chi connectivity index (χ1v) is 7.33. The number of rotatable bonds is 5. The van der Waals surface area contributed by atoms with Crippen molar-refractivity contribution in [3.05, 3.63) is 20.8 Å². The summed E-state index contributed by atoms with van der Waals surface area (Å²) in [6.45, 7) is 5.72. The van der Waals surface area contributed by atoms with Crippen LogP contribution in [-0.4, -0.2) is 48.9 Å². The van der Waals surface area contributed by atoms with Crippen molar-refractivity contribution < 1.29 is 4.79 Å². The van der Waals surface area contributed by atoms with Gasteiger partial charge in [0.2, 0.25) is 0 Å². The molecule has 3 nitrogen and oxygen atoms in total. The number of nitrogens with zero attached hydrogens (tertiary/aromatic N) is 2. The van der Waals surface area contributed by atoms with Gasteiger partial charge in [-0.1, -0.05) is 0 Å². The zero-order valence-electron chi connectivity index (χ0n) is 10.7. The zero-order valence-corrected chi connectivity index (χ0v) is 13.1. The van der Waals surface area contributed by atoms with Crippen LogP contribution >= 0.6 is 27.3 Å². The molecule has 0 aromatic carbocycles. The third-order valence-electron chi connectivity index (χ3n) is 2.57. The van der Waals surface area contributed by atoms with Crippen LogP contribution in [0.4, 0.5) is 0 Å². The Morgan fingerprint density at radius 1 is 1.53 bits per heavy atom. The topological polar surface area (TPSA) is 23.6 Å². The third kappa shape index (κ3) is 3.79. The van der Waals surface area contributed by atoms with Crippen LogP contribution in [0.1, 0.15) is 23.5 Å². The summed E-state index contributed by atoms with van der Waals surface area (Å²) in [4.78, 5) is 17.2. The van der Waals surface area contributed by atoms with Gasteiger partial charge in [0.1, 0.15) is 4.88 Å². The molecule has 5 heteroatoms. The molecule has 1 aromatic rings. The summed E-state index contributed by atoms with van der Waals surface area (Å²) < 4.78 is 0.892. The van der Waals surface area contributed by atoms with E-state index in [1.54, 1.807) is 0 Å². The van der Waals surface area contributed by atoms with E-state index in [1.165, 1.54) is 11.3 Å². The van der Waals surface area contributed by atoms with Gasteiger partial charge < -0.3 is 9.80 Å². The minimum absolute atomic E-state index is 0.115. The van der Waals surface area contributed by atoms with Crippen molar-refractivity contribution >= 4 is 33.2 Å². The first kappa shape index (κ1) is 14.7. The fraction of sp³-hybridized carbons (Fsp3) is 0.583. The zero-order chi connectivity index (χ0) is 13.0. The van der Waals surface area contributed by atoms with Crippen LogP contribution in [-0.2, 0) is 0 Å². The molecular formula is C12H19BrN2OS. The molecule has 1 unspecified atom stereocenters. The molecule has 0 aliphatic heterocycles. The van der Waals surface area contributed by atoms with E-state index in [2.05, 4.69) is 27.8 Å². The molecule has 1 amide bonds. The molecule has 0 radical (unpaired) electrons. The summed E-state index contributed by atoms with van der Waals surface area (Å²) in [7, 11) is 4.05. The monoisotopic (exact) mass is 318 g/mol. The first-order valence-electron chi connectivity index (χ1n) is 5.66. The van der Waals surface area contributed by atoms with Gasteiger partial charge in [0.05, 0.1) is 0 Å². The molecule has 0 fully saturated rings. The molecule has 0 spiro atoms. The second-order valence-electron chi connectivity index (χ2n) is 4.30. The molecule has 1 atom stereocenters. The van der Waals surface area contributed by atoms with Crippen LogP contribution in [0, 0.1) is 0 Å². The van der Waals surface area contributed by atoms with Gasteiger partial charge in [0.25, 0.3) is 5.91 Å². The van der Waals surface area contributed by atoms with E-state index in [0.29, 0.717) is 0 Å². The van der Waals surface area contributed by atoms with Crippen LogP contribution in [0.2, 0.25) is 0 Å². The Labute approximate surface area is 116 Å². The molecule has 0 aliphatic rings. The van der Waals surface area contributed by atoms with Gasteiger partial charge in [0.15, 0.2) is 0 Å². The largest absolute Gasteiger partial charge is 0.334 e. The SMILES string of the molecule is CCN(C(=O)c1sccc1Br)C(C)CN(C)C. The Morgan fingerprint density at radius 3 is 2.59 bits per heavy atom. The second kappa shape index (κ2) is 6.52. The lowest BCUT2D eigenvalue weighted by atomic mass is 10.2. The van der Waals surface area contributed by atoms with Gasteiger partial charge in [-0.3, -0.25) is 4.79 Å². The van der Waals surface area contributed by atoms with Crippen molar-refractivity contribution in [2.24, 2.45) is 0 Å². The predicted molar refractivity (Wildman–Crippen MR) is 76.7 cm³/mol. The van der Waals surface area contributed by atoms with Crippen LogP contribution in [0.3, 0.4) is 0 Å². The van der Waals surface area contributed by atoms with Gasteiger partial charge in [-0.2, -0.15) is 0 Å². The Hall–Kier alpha value is -0.390. The minimum Gasteiger partial charge on any atom is -0.334 e. The lowest BCUT2D eigenvalue weighted by molar-refractivity contribution is 0.0683. The summed E-state index contributed by atoms with van der Waals surface area (Å²) in [5.41, 5.74) is 0. The highest BCUT2D eigenvalue weighted by molar-refractivity contribution is 9.10. The summed E-state index contributed by atoms with van der Waals surface area (Å²) in [5, 5.41) is 1.93. The van der Waals surface area contributed by atoms with E-state index in [4.69, 9.17) is 0 Å². The van der Waals surface area contributed by atoms with E-state index in [9.17, 15) is 4.79 Å². The maximum absolute atomic E-state index is 12.4. The normalized spacial score (nSPS) is 12.8. The Kier molecular flexibility index (Phi) is 5.62. The first-order chi connectivity index (χ1) is 7.97. The number of likely N-dealkylation sites (N-methyl/N-ethyl adjacent to an activating group) is 2. The summed E-state index contributed by atoms with van der Waals surface area (Å²) in [5.74, 6) is 0.115. The Balaban J connectivity index is 2.81. The molecule has 96 valence electrons. The van der Waals surface area contributed by atoms with Crippen molar-refractivity contribution in [1.82, 2.24) is 9.80 Å². The highest BCUT2D eigenvalue weighted by Crippen LogP contribution is 2.24.